The molecule has 0 heterocycles. The van der Waals surface area contributed by atoms with Crippen LogP contribution < -0.4 is 10.5 Å². The van der Waals surface area contributed by atoms with Crippen LogP contribution in [0.4, 0.5) is 5.69 Å². The second-order valence-electron chi connectivity index (χ2n) is 5.05. The Morgan fingerprint density at radius 3 is 2.62 bits per heavy atom. The van der Waals surface area contributed by atoms with Gasteiger partial charge in [0.15, 0.2) is 0 Å². The van der Waals surface area contributed by atoms with E-state index in [1.807, 2.05) is 0 Å². The van der Waals surface area contributed by atoms with Crippen molar-refractivity contribution in [2.24, 2.45) is 5.73 Å². The summed E-state index contributed by atoms with van der Waals surface area (Å²) in [4.78, 5) is 9.80. The molecule has 1 aromatic rings. The van der Waals surface area contributed by atoms with Gasteiger partial charge in [0.05, 0.1) is 9.95 Å². The van der Waals surface area contributed by atoms with E-state index < -0.39 is 14.9 Å². The summed E-state index contributed by atoms with van der Waals surface area (Å²) >= 11 is 5.87. The van der Waals surface area contributed by atoms with Crippen molar-refractivity contribution >= 4 is 27.3 Å². The third kappa shape index (κ3) is 3.70. The Kier molecular flexibility index (Phi) is 4.82. The SMILES string of the molecule is N[C@@H]1CCCC[C@H]1NS(=O)(=O)c1cc([N+](=O)[O-])ccc1Cl. The lowest BCUT2D eigenvalue weighted by Crippen LogP contribution is -2.49. The van der Waals surface area contributed by atoms with E-state index in [-0.39, 0.29) is 27.7 Å². The first kappa shape index (κ1) is 16.2. The van der Waals surface area contributed by atoms with E-state index in [4.69, 9.17) is 17.3 Å². The highest BCUT2D eigenvalue weighted by molar-refractivity contribution is 7.89. The van der Waals surface area contributed by atoms with Gasteiger partial charge in [0.25, 0.3) is 5.69 Å². The van der Waals surface area contributed by atoms with Crippen molar-refractivity contribution in [1.29, 1.82) is 0 Å². The zero-order valence-corrected chi connectivity index (χ0v) is 12.7. The molecule has 2 atom stereocenters. The largest absolute Gasteiger partial charge is 0.326 e. The Hall–Kier alpha value is -1.22. The Labute approximate surface area is 127 Å². The van der Waals surface area contributed by atoms with Gasteiger partial charge in [-0.3, -0.25) is 10.1 Å². The van der Waals surface area contributed by atoms with E-state index in [9.17, 15) is 18.5 Å². The van der Waals surface area contributed by atoms with Crippen LogP contribution in [0.2, 0.25) is 5.02 Å². The summed E-state index contributed by atoms with van der Waals surface area (Å²) in [5, 5.41) is 10.7. The standard InChI is InChI=1S/C12H16ClN3O4S/c13-9-6-5-8(16(17)18)7-12(9)21(19,20)15-11-4-2-1-3-10(11)14/h5-7,10-11,15H,1-4,14H2/t10-,11-/m1/s1. The van der Waals surface area contributed by atoms with Crippen molar-refractivity contribution in [2.45, 2.75) is 42.7 Å². The number of hydrogen-bond donors (Lipinski definition) is 2. The van der Waals surface area contributed by atoms with Gasteiger partial charge in [-0.1, -0.05) is 24.4 Å². The maximum Gasteiger partial charge on any atom is 0.270 e. The minimum atomic E-state index is -3.95. The van der Waals surface area contributed by atoms with Gasteiger partial charge in [0, 0.05) is 24.2 Å². The Balaban J connectivity index is 2.30. The molecule has 2 rings (SSSR count). The molecule has 0 radical (unpaired) electrons. The van der Waals surface area contributed by atoms with Crippen LogP contribution in [0.15, 0.2) is 23.1 Å². The number of hydrogen-bond acceptors (Lipinski definition) is 5. The molecule has 0 amide bonds. The van der Waals surface area contributed by atoms with Crippen molar-refractivity contribution < 1.29 is 13.3 Å². The Morgan fingerprint density at radius 2 is 2.00 bits per heavy atom. The van der Waals surface area contributed by atoms with Gasteiger partial charge in [-0.15, -0.1) is 0 Å². The van der Waals surface area contributed by atoms with Crippen LogP contribution in [0.5, 0.6) is 0 Å². The molecule has 0 bridgehead atoms. The van der Waals surface area contributed by atoms with Crippen molar-refractivity contribution in [1.82, 2.24) is 4.72 Å². The second-order valence-corrected chi connectivity index (χ2v) is 7.14. The highest BCUT2D eigenvalue weighted by atomic mass is 35.5. The number of sulfonamides is 1. The molecule has 116 valence electrons. The average molecular weight is 334 g/mol. The minimum Gasteiger partial charge on any atom is -0.326 e. The average Bonchev–Trinajstić information content (AvgIpc) is 2.41. The lowest BCUT2D eigenvalue weighted by Gasteiger charge is -2.29. The Bertz CT molecular complexity index is 650. The summed E-state index contributed by atoms with van der Waals surface area (Å²) in [6.45, 7) is 0. The van der Waals surface area contributed by atoms with Crippen molar-refractivity contribution in [3.05, 3.63) is 33.3 Å². The summed E-state index contributed by atoms with van der Waals surface area (Å²) < 4.78 is 27.2. The number of nitrogens with one attached hydrogen (secondary N) is 1. The molecule has 0 aromatic heterocycles. The number of nitro benzene ring substituents is 1. The molecule has 1 saturated carbocycles. The van der Waals surface area contributed by atoms with Crippen LogP contribution in [0, 0.1) is 10.1 Å². The van der Waals surface area contributed by atoms with E-state index in [1.165, 1.54) is 6.07 Å². The first-order valence-electron chi connectivity index (χ1n) is 6.53. The molecule has 3 N–H and O–H groups in total. The van der Waals surface area contributed by atoms with Crippen molar-refractivity contribution in [2.75, 3.05) is 0 Å². The van der Waals surface area contributed by atoms with Gasteiger partial charge in [0.1, 0.15) is 4.90 Å². The van der Waals surface area contributed by atoms with Gasteiger partial charge < -0.3 is 5.73 Å². The van der Waals surface area contributed by atoms with E-state index >= 15 is 0 Å². The molecule has 7 nitrogen and oxygen atoms in total. The fourth-order valence-electron chi connectivity index (χ4n) is 2.38. The Morgan fingerprint density at radius 1 is 1.33 bits per heavy atom. The molecule has 0 aliphatic heterocycles. The number of nitrogens with zero attached hydrogens (tertiary/aromatic N) is 1. The van der Waals surface area contributed by atoms with E-state index in [0.717, 1.165) is 31.4 Å². The highest BCUT2D eigenvalue weighted by Gasteiger charge is 2.29. The normalized spacial score (nSPS) is 23.0. The molecule has 21 heavy (non-hydrogen) atoms. The van der Waals surface area contributed by atoms with E-state index in [2.05, 4.69) is 4.72 Å². The van der Waals surface area contributed by atoms with Gasteiger partial charge >= 0.3 is 0 Å². The summed E-state index contributed by atoms with van der Waals surface area (Å²) in [7, 11) is -3.95. The van der Waals surface area contributed by atoms with Crippen LogP contribution in [0.25, 0.3) is 0 Å². The highest BCUT2D eigenvalue weighted by Crippen LogP contribution is 2.27. The zero-order chi connectivity index (χ0) is 15.6. The number of benzene rings is 1. The van der Waals surface area contributed by atoms with Crippen molar-refractivity contribution in [3.63, 3.8) is 0 Å². The minimum absolute atomic E-state index is 0.0579. The predicted octanol–water partition coefficient (Wildman–Crippen LogP) is 1.80. The third-order valence-electron chi connectivity index (χ3n) is 3.54. The molecular weight excluding hydrogens is 318 g/mol. The molecule has 1 fully saturated rings. The summed E-state index contributed by atoms with van der Waals surface area (Å²) in [6.07, 6.45) is 3.25. The number of non-ortho nitro benzene ring substituents is 1. The van der Waals surface area contributed by atoms with Crippen LogP contribution in [0.3, 0.4) is 0 Å². The lowest BCUT2D eigenvalue weighted by atomic mass is 9.92. The van der Waals surface area contributed by atoms with Gasteiger partial charge in [0.2, 0.25) is 10.0 Å². The summed E-state index contributed by atoms with van der Waals surface area (Å²) in [5.74, 6) is 0. The zero-order valence-electron chi connectivity index (χ0n) is 11.2. The molecule has 0 unspecified atom stereocenters. The fourth-order valence-corrected chi connectivity index (χ4v) is 4.22. The van der Waals surface area contributed by atoms with Gasteiger partial charge in [-0.05, 0) is 18.9 Å². The number of halogens is 1. The number of nitrogens with two attached hydrogens (primary N) is 1. The van der Waals surface area contributed by atoms with E-state index in [0.29, 0.717) is 6.42 Å². The summed E-state index contributed by atoms with van der Waals surface area (Å²) in [5.41, 5.74) is 5.59. The fraction of sp³-hybridized carbons (Fsp3) is 0.500. The first-order valence-corrected chi connectivity index (χ1v) is 8.39. The smallest absolute Gasteiger partial charge is 0.270 e. The van der Waals surface area contributed by atoms with Crippen LogP contribution in [0.1, 0.15) is 25.7 Å². The van der Waals surface area contributed by atoms with E-state index in [1.54, 1.807) is 0 Å². The third-order valence-corrected chi connectivity index (χ3v) is 5.51. The monoisotopic (exact) mass is 333 g/mol. The lowest BCUT2D eigenvalue weighted by molar-refractivity contribution is -0.385. The molecule has 1 aromatic carbocycles. The van der Waals surface area contributed by atoms with Crippen LogP contribution in [-0.4, -0.2) is 25.4 Å². The predicted molar refractivity (Wildman–Crippen MR) is 78.7 cm³/mol. The molecule has 1 aliphatic carbocycles. The first-order chi connectivity index (χ1) is 9.81. The molecule has 1 aliphatic rings. The van der Waals surface area contributed by atoms with Crippen LogP contribution >= 0.6 is 11.6 Å². The van der Waals surface area contributed by atoms with Crippen LogP contribution in [-0.2, 0) is 10.0 Å². The molecule has 9 heteroatoms. The van der Waals surface area contributed by atoms with Gasteiger partial charge in [-0.2, -0.15) is 0 Å². The second kappa shape index (κ2) is 6.27. The maximum atomic E-state index is 12.4. The topological polar surface area (TPSA) is 115 Å². The maximum absolute atomic E-state index is 12.4. The van der Waals surface area contributed by atoms with Crippen molar-refractivity contribution in [3.8, 4) is 0 Å². The summed E-state index contributed by atoms with van der Waals surface area (Å²) in [6, 6.07) is 2.69. The molecule has 0 saturated heterocycles. The quantitative estimate of drug-likeness (QED) is 0.643. The number of nitro groups is 1. The molecule has 0 spiro atoms. The molecular formula is C12H16ClN3O4S. The van der Waals surface area contributed by atoms with Gasteiger partial charge in [-0.25, -0.2) is 13.1 Å². The number of rotatable bonds is 4.